The predicted octanol–water partition coefficient (Wildman–Crippen LogP) is 1.61. The molecule has 1 aliphatic rings. The Morgan fingerprint density at radius 2 is 2.00 bits per heavy atom. The summed E-state index contributed by atoms with van der Waals surface area (Å²) < 4.78 is 15.6. The number of hydrogen-bond acceptors (Lipinski definition) is 7. The van der Waals surface area contributed by atoms with E-state index >= 15 is 0 Å². The van der Waals surface area contributed by atoms with Crippen LogP contribution in [0.1, 0.15) is 30.1 Å². The Bertz CT molecular complexity index is 728. The number of ether oxygens (including phenoxy) is 3. The molecule has 0 saturated carbocycles. The van der Waals surface area contributed by atoms with Crippen LogP contribution in [0.2, 0.25) is 0 Å². The second kappa shape index (κ2) is 8.67. The van der Waals surface area contributed by atoms with E-state index in [4.69, 9.17) is 14.2 Å². The number of carboxylic acid groups (broad SMARTS) is 1. The molecule has 0 bridgehead atoms. The summed E-state index contributed by atoms with van der Waals surface area (Å²) >= 11 is 0. The molecule has 0 radical (unpaired) electrons. The van der Waals surface area contributed by atoms with Gasteiger partial charge < -0.3 is 24.6 Å². The number of hydrogen-bond donors (Lipinski definition) is 2. The second-order valence-corrected chi connectivity index (χ2v) is 6.09. The van der Waals surface area contributed by atoms with E-state index in [1.165, 1.54) is 13.2 Å². The lowest BCUT2D eigenvalue weighted by atomic mass is 9.80. The molecular formula is C17H22N2O8. The van der Waals surface area contributed by atoms with Crippen LogP contribution in [0.3, 0.4) is 0 Å². The second-order valence-electron chi connectivity index (χ2n) is 6.09. The smallest absolute Gasteiger partial charge is 0.311 e. The molecule has 1 saturated heterocycles. The minimum atomic E-state index is -1.15. The number of carbonyl (C=O) groups is 2. The predicted molar refractivity (Wildman–Crippen MR) is 93.3 cm³/mol. The van der Waals surface area contributed by atoms with Gasteiger partial charge in [0.1, 0.15) is 5.56 Å². The number of amides is 1. The first kappa shape index (κ1) is 20.4. The van der Waals surface area contributed by atoms with Gasteiger partial charge in [-0.3, -0.25) is 19.7 Å². The van der Waals surface area contributed by atoms with Gasteiger partial charge in [-0.25, -0.2) is 0 Å². The van der Waals surface area contributed by atoms with Crippen molar-refractivity contribution in [3.05, 3.63) is 27.8 Å². The van der Waals surface area contributed by atoms with Crippen molar-refractivity contribution in [2.45, 2.75) is 19.8 Å². The lowest BCUT2D eigenvalue weighted by molar-refractivity contribution is -0.385. The van der Waals surface area contributed by atoms with Crippen molar-refractivity contribution >= 4 is 17.6 Å². The summed E-state index contributed by atoms with van der Waals surface area (Å²) in [7, 11) is 1.35. The fourth-order valence-corrected chi connectivity index (χ4v) is 2.88. The van der Waals surface area contributed by atoms with Crippen LogP contribution in [0.4, 0.5) is 5.69 Å². The van der Waals surface area contributed by atoms with Crippen molar-refractivity contribution in [2.75, 3.05) is 33.5 Å². The van der Waals surface area contributed by atoms with Gasteiger partial charge in [0.15, 0.2) is 11.5 Å². The molecule has 0 unspecified atom stereocenters. The lowest BCUT2D eigenvalue weighted by Gasteiger charge is -2.33. The number of aliphatic carboxylic acids is 1. The number of rotatable bonds is 8. The summed E-state index contributed by atoms with van der Waals surface area (Å²) in [5.41, 5.74) is -1.83. The van der Waals surface area contributed by atoms with Crippen LogP contribution in [-0.2, 0) is 9.53 Å². The van der Waals surface area contributed by atoms with Gasteiger partial charge in [0, 0.05) is 25.8 Å². The number of carbonyl (C=O) groups excluding carboxylic acids is 1. The average Bonchev–Trinajstić information content (AvgIpc) is 2.66. The summed E-state index contributed by atoms with van der Waals surface area (Å²) in [5, 5.41) is 23.4. The molecule has 1 fully saturated rings. The molecule has 0 aromatic heterocycles. The first-order valence-corrected chi connectivity index (χ1v) is 8.43. The number of benzene rings is 1. The van der Waals surface area contributed by atoms with Crippen LogP contribution < -0.4 is 14.8 Å². The number of nitrogens with one attached hydrogen (secondary N) is 1. The molecule has 1 aliphatic heterocycles. The van der Waals surface area contributed by atoms with Gasteiger partial charge in [0.25, 0.3) is 11.6 Å². The highest BCUT2D eigenvalue weighted by molar-refractivity contribution is 5.99. The summed E-state index contributed by atoms with van der Waals surface area (Å²) in [6.45, 7) is 2.38. The Balaban J connectivity index is 2.29. The van der Waals surface area contributed by atoms with Gasteiger partial charge in [0.2, 0.25) is 0 Å². The highest BCUT2D eigenvalue weighted by atomic mass is 16.6. The maximum atomic E-state index is 12.6. The Labute approximate surface area is 155 Å². The van der Waals surface area contributed by atoms with Crippen molar-refractivity contribution in [3.8, 4) is 11.5 Å². The molecule has 1 amide bonds. The first-order chi connectivity index (χ1) is 12.8. The largest absolute Gasteiger partial charge is 0.493 e. The van der Waals surface area contributed by atoms with Crippen molar-refractivity contribution in [1.29, 1.82) is 0 Å². The molecule has 10 heteroatoms. The quantitative estimate of drug-likeness (QED) is 0.511. The average molecular weight is 382 g/mol. The minimum absolute atomic E-state index is 0.148. The molecule has 148 valence electrons. The zero-order valence-electron chi connectivity index (χ0n) is 15.1. The van der Waals surface area contributed by atoms with Gasteiger partial charge in [-0.15, -0.1) is 0 Å². The monoisotopic (exact) mass is 382 g/mol. The van der Waals surface area contributed by atoms with E-state index in [1.807, 2.05) is 0 Å². The van der Waals surface area contributed by atoms with Crippen LogP contribution >= 0.6 is 0 Å². The van der Waals surface area contributed by atoms with Crippen molar-refractivity contribution in [1.82, 2.24) is 5.32 Å². The third kappa shape index (κ3) is 4.45. The molecule has 1 heterocycles. The fraction of sp³-hybridized carbons (Fsp3) is 0.529. The van der Waals surface area contributed by atoms with E-state index in [9.17, 15) is 24.8 Å². The molecule has 2 N–H and O–H groups in total. The number of methoxy groups -OCH3 is 1. The molecule has 0 aliphatic carbocycles. The van der Waals surface area contributed by atoms with Gasteiger partial charge in [-0.2, -0.15) is 0 Å². The van der Waals surface area contributed by atoms with Crippen molar-refractivity contribution < 1.29 is 33.8 Å². The number of carboxylic acids is 1. The Morgan fingerprint density at radius 3 is 2.52 bits per heavy atom. The Hall–Kier alpha value is -2.88. The van der Waals surface area contributed by atoms with E-state index in [2.05, 4.69) is 5.32 Å². The third-order valence-electron chi connectivity index (χ3n) is 4.51. The molecule has 1 aromatic carbocycles. The zero-order chi connectivity index (χ0) is 20.0. The standard InChI is InChI=1S/C17H22N2O8/c1-3-27-14-9-12(19(23)24)11(8-13(14)25-2)15(20)18-10-17(16(21)22)4-6-26-7-5-17/h8-9H,3-7,10H2,1-2H3,(H,18,20)(H,21,22). The van der Waals surface area contributed by atoms with E-state index in [-0.39, 0.29) is 56.3 Å². The Morgan fingerprint density at radius 1 is 1.33 bits per heavy atom. The van der Waals surface area contributed by atoms with Gasteiger partial charge >= 0.3 is 5.97 Å². The first-order valence-electron chi connectivity index (χ1n) is 8.43. The zero-order valence-corrected chi connectivity index (χ0v) is 15.1. The molecule has 10 nitrogen and oxygen atoms in total. The maximum absolute atomic E-state index is 12.6. The van der Waals surface area contributed by atoms with Crippen LogP contribution in [0, 0.1) is 15.5 Å². The van der Waals surface area contributed by atoms with Crippen LogP contribution in [-0.4, -0.2) is 55.4 Å². The third-order valence-corrected chi connectivity index (χ3v) is 4.51. The Kier molecular flexibility index (Phi) is 6.56. The number of nitro groups is 1. The fourth-order valence-electron chi connectivity index (χ4n) is 2.88. The molecule has 0 atom stereocenters. The van der Waals surface area contributed by atoms with Gasteiger partial charge in [-0.1, -0.05) is 0 Å². The molecule has 27 heavy (non-hydrogen) atoms. The molecule has 2 rings (SSSR count). The SMILES string of the molecule is CCOc1cc([N+](=O)[O-])c(C(=O)NCC2(C(=O)O)CCOCC2)cc1OC. The maximum Gasteiger partial charge on any atom is 0.311 e. The van der Waals surface area contributed by atoms with Crippen molar-refractivity contribution in [3.63, 3.8) is 0 Å². The van der Waals surface area contributed by atoms with Gasteiger partial charge in [0.05, 0.1) is 30.1 Å². The van der Waals surface area contributed by atoms with Crippen LogP contribution in [0.25, 0.3) is 0 Å². The molecular weight excluding hydrogens is 360 g/mol. The van der Waals surface area contributed by atoms with E-state index in [0.717, 1.165) is 6.07 Å². The highest BCUT2D eigenvalue weighted by Crippen LogP contribution is 2.35. The number of nitrogens with zero attached hydrogens (tertiary/aromatic N) is 1. The molecule has 0 spiro atoms. The number of nitro benzene ring substituents is 1. The lowest BCUT2D eigenvalue weighted by Crippen LogP contribution is -2.46. The van der Waals surface area contributed by atoms with E-state index in [1.54, 1.807) is 6.92 Å². The van der Waals surface area contributed by atoms with Crippen LogP contribution in [0.5, 0.6) is 11.5 Å². The van der Waals surface area contributed by atoms with Crippen molar-refractivity contribution in [2.24, 2.45) is 5.41 Å². The van der Waals surface area contributed by atoms with E-state index < -0.39 is 27.9 Å². The van der Waals surface area contributed by atoms with Gasteiger partial charge in [-0.05, 0) is 19.8 Å². The highest BCUT2D eigenvalue weighted by Gasteiger charge is 2.41. The molecule has 1 aromatic rings. The normalized spacial score (nSPS) is 15.6. The van der Waals surface area contributed by atoms with Crippen LogP contribution in [0.15, 0.2) is 12.1 Å². The summed E-state index contributed by atoms with van der Waals surface area (Å²) in [4.78, 5) is 34.9. The van der Waals surface area contributed by atoms with E-state index in [0.29, 0.717) is 0 Å². The minimum Gasteiger partial charge on any atom is -0.493 e. The summed E-state index contributed by atoms with van der Waals surface area (Å²) in [6, 6.07) is 2.34. The topological polar surface area (TPSA) is 137 Å². The summed E-state index contributed by atoms with van der Waals surface area (Å²) in [6.07, 6.45) is 0.495. The summed E-state index contributed by atoms with van der Waals surface area (Å²) in [5.74, 6) is -1.47.